The molecule has 1 amide bonds. The lowest BCUT2D eigenvalue weighted by molar-refractivity contribution is -0.114. The smallest absolute Gasteiger partial charge is 0.338 e. The lowest BCUT2D eigenvalue weighted by Gasteiger charge is -2.25. The summed E-state index contributed by atoms with van der Waals surface area (Å²) >= 11 is 5.92. The van der Waals surface area contributed by atoms with E-state index in [-0.39, 0.29) is 33.5 Å². The molecule has 0 aliphatic heterocycles. The van der Waals surface area contributed by atoms with E-state index in [0.717, 1.165) is 16.4 Å². The van der Waals surface area contributed by atoms with Gasteiger partial charge in [0.1, 0.15) is 12.4 Å². The van der Waals surface area contributed by atoms with Gasteiger partial charge in [0.15, 0.2) is 11.5 Å². The first kappa shape index (κ1) is 28.7. The Morgan fingerprint density at radius 3 is 2.37 bits per heavy atom. The second-order valence-corrected chi connectivity index (χ2v) is 10.1. The molecule has 0 spiro atoms. The van der Waals surface area contributed by atoms with Gasteiger partial charge >= 0.3 is 5.97 Å². The van der Waals surface area contributed by atoms with Crippen molar-refractivity contribution in [3.63, 3.8) is 0 Å². The fourth-order valence-electron chi connectivity index (χ4n) is 3.58. The molecule has 0 saturated carbocycles. The number of ether oxygens (including phenoxy) is 3. The summed E-state index contributed by atoms with van der Waals surface area (Å²) in [6.45, 7) is 2.79. The topological polar surface area (TPSA) is 111 Å². The molecule has 0 atom stereocenters. The standard InChI is InChI=1S/C26H26ClFN2O7S/c1-5-37-26(32)19-7-6-8-22(16(19)2)29-25(31)15-30(17-9-11-21(28)20(27)13-17)38(33,34)18-10-12-23(35-3)24(14-18)36-4/h6-14H,5,15H2,1-4H3,(H,29,31). The van der Waals surface area contributed by atoms with Gasteiger partial charge in [0.05, 0.1) is 42.0 Å². The first-order valence-electron chi connectivity index (χ1n) is 11.3. The summed E-state index contributed by atoms with van der Waals surface area (Å²) in [5.74, 6) is -1.58. The summed E-state index contributed by atoms with van der Waals surface area (Å²) in [5.41, 5.74) is 0.947. The number of nitrogens with zero attached hydrogens (tertiary/aromatic N) is 1. The van der Waals surface area contributed by atoms with Crippen molar-refractivity contribution in [2.45, 2.75) is 18.7 Å². The minimum atomic E-state index is -4.39. The Morgan fingerprint density at radius 2 is 1.74 bits per heavy atom. The highest BCUT2D eigenvalue weighted by Crippen LogP contribution is 2.33. The number of rotatable bonds is 10. The molecule has 0 fully saturated rings. The Bertz CT molecular complexity index is 1460. The van der Waals surface area contributed by atoms with Gasteiger partial charge in [0.2, 0.25) is 5.91 Å². The SMILES string of the molecule is CCOC(=O)c1cccc(NC(=O)CN(c2ccc(F)c(Cl)c2)S(=O)(=O)c2ccc(OC)c(OC)c2)c1C. The summed E-state index contributed by atoms with van der Waals surface area (Å²) < 4.78 is 57.5. The number of benzene rings is 3. The number of amides is 1. The number of methoxy groups -OCH3 is 2. The van der Waals surface area contributed by atoms with Gasteiger partial charge < -0.3 is 19.5 Å². The molecular formula is C26H26ClFN2O7S. The summed E-state index contributed by atoms with van der Waals surface area (Å²) in [5, 5.41) is 2.31. The van der Waals surface area contributed by atoms with Crippen LogP contribution in [0.4, 0.5) is 15.8 Å². The predicted octanol–water partition coefficient (Wildman–Crippen LogP) is 4.82. The Kier molecular flexibility index (Phi) is 9.18. The van der Waals surface area contributed by atoms with Crippen LogP contribution in [-0.2, 0) is 19.6 Å². The first-order chi connectivity index (χ1) is 18.0. The van der Waals surface area contributed by atoms with E-state index >= 15 is 0 Å². The third kappa shape index (κ3) is 6.17. The fraction of sp³-hybridized carbons (Fsp3) is 0.231. The van der Waals surface area contributed by atoms with Gasteiger partial charge in [-0.2, -0.15) is 0 Å². The molecule has 9 nitrogen and oxygen atoms in total. The number of hydrogen-bond donors (Lipinski definition) is 1. The van der Waals surface area contributed by atoms with E-state index < -0.39 is 34.3 Å². The maximum atomic E-state index is 13.9. The van der Waals surface area contributed by atoms with E-state index in [4.69, 9.17) is 25.8 Å². The first-order valence-corrected chi connectivity index (χ1v) is 13.1. The van der Waals surface area contributed by atoms with Gasteiger partial charge in [-0.1, -0.05) is 17.7 Å². The van der Waals surface area contributed by atoms with Crippen molar-refractivity contribution in [3.05, 3.63) is 76.6 Å². The maximum absolute atomic E-state index is 13.9. The van der Waals surface area contributed by atoms with Gasteiger partial charge in [-0.05, 0) is 61.9 Å². The molecule has 202 valence electrons. The van der Waals surface area contributed by atoms with Gasteiger partial charge in [0, 0.05) is 11.8 Å². The van der Waals surface area contributed by atoms with Crippen molar-refractivity contribution in [2.24, 2.45) is 0 Å². The van der Waals surface area contributed by atoms with Crippen LogP contribution in [0.15, 0.2) is 59.5 Å². The zero-order chi connectivity index (χ0) is 28.0. The molecule has 3 aromatic rings. The van der Waals surface area contributed by atoms with Crippen LogP contribution < -0.4 is 19.1 Å². The largest absolute Gasteiger partial charge is 0.493 e. The van der Waals surface area contributed by atoms with Crippen LogP contribution in [0.5, 0.6) is 11.5 Å². The number of carbonyl (C=O) groups is 2. The van der Waals surface area contributed by atoms with Crippen molar-refractivity contribution < 1.29 is 36.6 Å². The van der Waals surface area contributed by atoms with Crippen LogP contribution in [0.3, 0.4) is 0 Å². The lowest BCUT2D eigenvalue weighted by Crippen LogP contribution is -2.38. The molecule has 0 aromatic heterocycles. The van der Waals surface area contributed by atoms with Crippen molar-refractivity contribution in [1.82, 2.24) is 0 Å². The zero-order valence-corrected chi connectivity index (χ0v) is 22.7. The van der Waals surface area contributed by atoms with Crippen molar-refractivity contribution in [2.75, 3.05) is 37.0 Å². The summed E-state index contributed by atoms with van der Waals surface area (Å²) in [6.07, 6.45) is 0. The molecule has 0 unspecified atom stereocenters. The highest BCUT2D eigenvalue weighted by atomic mass is 35.5. The number of nitrogens with one attached hydrogen (secondary N) is 1. The third-order valence-corrected chi connectivity index (χ3v) is 7.58. The Hall–Kier alpha value is -3.83. The van der Waals surface area contributed by atoms with Crippen molar-refractivity contribution in [1.29, 1.82) is 0 Å². The van der Waals surface area contributed by atoms with Crippen LogP contribution in [0.25, 0.3) is 0 Å². The molecule has 3 rings (SSSR count). The third-order valence-electron chi connectivity index (χ3n) is 5.52. The molecule has 3 aromatic carbocycles. The number of halogens is 2. The maximum Gasteiger partial charge on any atom is 0.338 e. The summed E-state index contributed by atoms with van der Waals surface area (Å²) in [7, 11) is -1.63. The summed E-state index contributed by atoms with van der Waals surface area (Å²) in [6, 6.07) is 11.9. The van der Waals surface area contributed by atoms with Gasteiger partial charge in [-0.3, -0.25) is 9.10 Å². The van der Waals surface area contributed by atoms with Gasteiger partial charge in [-0.25, -0.2) is 17.6 Å². The fourth-order valence-corrected chi connectivity index (χ4v) is 5.18. The normalized spacial score (nSPS) is 11.0. The van der Waals surface area contributed by atoms with Crippen LogP contribution in [-0.4, -0.2) is 47.7 Å². The molecule has 38 heavy (non-hydrogen) atoms. The van der Waals surface area contributed by atoms with Crippen LogP contribution >= 0.6 is 11.6 Å². The Labute approximate surface area is 225 Å². The minimum absolute atomic E-state index is 0.0432. The van der Waals surface area contributed by atoms with E-state index in [1.54, 1.807) is 32.0 Å². The van der Waals surface area contributed by atoms with Crippen molar-refractivity contribution in [3.8, 4) is 11.5 Å². The van der Waals surface area contributed by atoms with Crippen molar-refractivity contribution >= 4 is 44.9 Å². The van der Waals surface area contributed by atoms with Crippen LogP contribution in [0.1, 0.15) is 22.8 Å². The molecule has 0 heterocycles. The lowest BCUT2D eigenvalue weighted by atomic mass is 10.1. The molecule has 0 saturated heterocycles. The zero-order valence-electron chi connectivity index (χ0n) is 21.1. The molecular weight excluding hydrogens is 539 g/mol. The van der Waals surface area contributed by atoms with Gasteiger partial charge in [0.25, 0.3) is 10.0 Å². The Balaban J connectivity index is 2.01. The molecule has 0 bridgehead atoms. The second-order valence-electron chi connectivity index (χ2n) is 7.87. The van der Waals surface area contributed by atoms with E-state index in [1.807, 2.05) is 0 Å². The molecule has 12 heteroatoms. The van der Waals surface area contributed by atoms with E-state index in [9.17, 15) is 22.4 Å². The molecule has 0 aliphatic rings. The van der Waals surface area contributed by atoms with Crippen LogP contribution in [0, 0.1) is 12.7 Å². The number of sulfonamides is 1. The van der Waals surface area contributed by atoms with Gasteiger partial charge in [-0.15, -0.1) is 0 Å². The van der Waals surface area contributed by atoms with E-state index in [1.165, 1.54) is 38.5 Å². The molecule has 1 N–H and O–H groups in total. The number of esters is 1. The number of anilines is 2. The highest BCUT2D eigenvalue weighted by molar-refractivity contribution is 7.92. The molecule has 0 radical (unpaired) electrons. The average Bonchev–Trinajstić information content (AvgIpc) is 2.89. The number of hydrogen-bond acceptors (Lipinski definition) is 7. The highest BCUT2D eigenvalue weighted by Gasteiger charge is 2.29. The second kappa shape index (κ2) is 12.1. The summed E-state index contributed by atoms with van der Waals surface area (Å²) in [4.78, 5) is 25.1. The minimum Gasteiger partial charge on any atom is -0.493 e. The molecule has 0 aliphatic carbocycles. The van der Waals surface area contributed by atoms with E-state index in [2.05, 4.69) is 5.32 Å². The number of carbonyl (C=O) groups excluding carboxylic acids is 2. The average molecular weight is 565 g/mol. The quantitative estimate of drug-likeness (QED) is 0.352. The van der Waals surface area contributed by atoms with E-state index in [0.29, 0.717) is 17.0 Å². The Morgan fingerprint density at radius 1 is 1.03 bits per heavy atom. The predicted molar refractivity (Wildman–Crippen MR) is 141 cm³/mol. The van der Waals surface area contributed by atoms with Crippen LogP contribution in [0.2, 0.25) is 5.02 Å². The monoisotopic (exact) mass is 564 g/mol.